The standard InChI is InChI=1S/C25H27N7O2/c26-24(29-30-27)17-31(25(33)14-11-19-7-3-1-4-8-19)22-12-13-23-21(15-22)16-28-32(23)34-18-20-9-5-2-6-10-20/h1-10,12-13,15-16,30H,11,14,17-18,27H2,(H2,26,29). The fourth-order valence-electron chi connectivity index (χ4n) is 3.61. The minimum Gasteiger partial charge on any atom is -0.391 e. The van der Waals surface area contributed by atoms with Crippen molar-refractivity contribution in [2.45, 2.75) is 19.4 Å². The summed E-state index contributed by atoms with van der Waals surface area (Å²) < 4.78 is 0. The van der Waals surface area contributed by atoms with Crippen LogP contribution in [-0.2, 0) is 17.8 Å². The number of rotatable bonds is 10. The van der Waals surface area contributed by atoms with Gasteiger partial charge in [-0.05, 0) is 35.7 Å². The van der Waals surface area contributed by atoms with Crippen LogP contribution in [0.1, 0.15) is 17.5 Å². The van der Waals surface area contributed by atoms with E-state index in [0.717, 1.165) is 22.0 Å². The number of hydrazone groups is 1. The van der Waals surface area contributed by atoms with Crippen molar-refractivity contribution in [3.05, 3.63) is 96.2 Å². The number of hydrazine groups is 1. The van der Waals surface area contributed by atoms with Crippen molar-refractivity contribution in [3.63, 3.8) is 0 Å². The molecule has 9 heteroatoms. The number of anilines is 1. The fraction of sp³-hybridized carbons (Fsp3) is 0.160. The zero-order valence-corrected chi connectivity index (χ0v) is 18.7. The first-order chi connectivity index (χ1) is 16.6. The monoisotopic (exact) mass is 457 g/mol. The molecule has 1 amide bonds. The normalized spacial score (nSPS) is 11.4. The molecule has 174 valence electrons. The van der Waals surface area contributed by atoms with Crippen LogP contribution in [0, 0.1) is 0 Å². The average Bonchev–Trinajstić information content (AvgIpc) is 3.28. The Hall–Kier alpha value is -4.37. The lowest BCUT2D eigenvalue weighted by atomic mass is 10.1. The number of carbonyl (C=O) groups excluding carboxylic acids is 1. The number of amides is 1. The van der Waals surface area contributed by atoms with Gasteiger partial charge in [-0.1, -0.05) is 65.5 Å². The molecule has 0 aliphatic rings. The summed E-state index contributed by atoms with van der Waals surface area (Å²) in [6.45, 7) is 0.491. The van der Waals surface area contributed by atoms with Gasteiger partial charge in [0.2, 0.25) is 5.91 Å². The van der Waals surface area contributed by atoms with Crippen LogP contribution >= 0.6 is 0 Å². The van der Waals surface area contributed by atoms with Crippen molar-refractivity contribution in [1.29, 1.82) is 0 Å². The molecule has 0 spiro atoms. The molecule has 0 aliphatic heterocycles. The number of nitrogens with one attached hydrogen (secondary N) is 1. The van der Waals surface area contributed by atoms with Gasteiger partial charge in [0.1, 0.15) is 18.0 Å². The first-order valence-electron chi connectivity index (χ1n) is 10.9. The minimum absolute atomic E-state index is 0.0777. The molecule has 0 bridgehead atoms. The largest absolute Gasteiger partial charge is 0.391 e. The maximum atomic E-state index is 13.2. The number of fused-ring (bicyclic) bond motifs is 1. The third-order valence-corrected chi connectivity index (χ3v) is 5.33. The van der Waals surface area contributed by atoms with Crippen LogP contribution in [0.5, 0.6) is 0 Å². The van der Waals surface area contributed by atoms with E-state index in [0.29, 0.717) is 25.1 Å². The van der Waals surface area contributed by atoms with Crippen LogP contribution in [0.15, 0.2) is 90.2 Å². The van der Waals surface area contributed by atoms with E-state index in [-0.39, 0.29) is 18.3 Å². The number of carbonyl (C=O) groups is 1. The van der Waals surface area contributed by atoms with Crippen molar-refractivity contribution in [2.75, 3.05) is 11.4 Å². The summed E-state index contributed by atoms with van der Waals surface area (Å²) in [5.74, 6) is 5.37. The van der Waals surface area contributed by atoms with Crippen LogP contribution in [0.25, 0.3) is 10.9 Å². The summed E-state index contributed by atoms with van der Waals surface area (Å²) in [5.41, 5.74) is 11.7. The van der Waals surface area contributed by atoms with E-state index in [9.17, 15) is 4.79 Å². The van der Waals surface area contributed by atoms with E-state index in [4.69, 9.17) is 16.4 Å². The molecule has 0 fully saturated rings. The number of aryl methyl sites for hydroxylation is 1. The number of amidine groups is 1. The fourth-order valence-corrected chi connectivity index (χ4v) is 3.61. The highest BCUT2D eigenvalue weighted by atomic mass is 16.7. The number of nitrogens with two attached hydrogens (primary N) is 2. The lowest BCUT2D eigenvalue weighted by Gasteiger charge is -2.23. The summed E-state index contributed by atoms with van der Waals surface area (Å²) in [7, 11) is 0. The average molecular weight is 458 g/mol. The SMILES string of the molecule is NN/N=C(\N)CN(C(=O)CCc1ccccc1)c1ccc2c(cnn2OCc2ccccc2)c1. The maximum absolute atomic E-state index is 13.2. The van der Waals surface area contributed by atoms with E-state index >= 15 is 0 Å². The van der Waals surface area contributed by atoms with Crippen molar-refractivity contribution in [1.82, 2.24) is 15.5 Å². The summed E-state index contributed by atoms with van der Waals surface area (Å²) in [4.78, 5) is 22.1. The zero-order valence-electron chi connectivity index (χ0n) is 18.7. The smallest absolute Gasteiger partial charge is 0.227 e. The van der Waals surface area contributed by atoms with Gasteiger partial charge in [0, 0.05) is 17.5 Å². The Bertz CT molecular complexity index is 1260. The summed E-state index contributed by atoms with van der Waals surface area (Å²) >= 11 is 0. The highest BCUT2D eigenvalue weighted by molar-refractivity contribution is 6.01. The Morgan fingerprint density at radius 3 is 2.44 bits per heavy atom. The van der Waals surface area contributed by atoms with Crippen molar-refractivity contribution in [3.8, 4) is 0 Å². The molecule has 0 radical (unpaired) electrons. The van der Waals surface area contributed by atoms with Gasteiger partial charge in [-0.3, -0.25) is 4.79 Å². The molecule has 0 saturated heterocycles. The van der Waals surface area contributed by atoms with Crippen LogP contribution in [0.2, 0.25) is 0 Å². The molecule has 0 aliphatic carbocycles. The molecule has 0 saturated carbocycles. The Morgan fingerprint density at radius 1 is 1.03 bits per heavy atom. The van der Waals surface area contributed by atoms with Gasteiger partial charge >= 0.3 is 0 Å². The predicted molar refractivity (Wildman–Crippen MR) is 133 cm³/mol. The van der Waals surface area contributed by atoms with Gasteiger partial charge in [0.05, 0.1) is 12.7 Å². The number of hydrogen-bond acceptors (Lipinski definition) is 6. The number of hydrogen-bond donors (Lipinski definition) is 3. The molecule has 9 nitrogen and oxygen atoms in total. The molecule has 34 heavy (non-hydrogen) atoms. The molecule has 4 aromatic rings. The van der Waals surface area contributed by atoms with Crippen LogP contribution < -0.4 is 26.8 Å². The van der Waals surface area contributed by atoms with Gasteiger partial charge < -0.3 is 15.5 Å². The van der Waals surface area contributed by atoms with Crippen molar-refractivity contribution in [2.24, 2.45) is 16.7 Å². The van der Waals surface area contributed by atoms with Gasteiger partial charge in [0.15, 0.2) is 0 Å². The molecule has 0 atom stereocenters. The van der Waals surface area contributed by atoms with E-state index in [1.165, 1.54) is 4.85 Å². The maximum Gasteiger partial charge on any atom is 0.227 e. The van der Waals surface area contributed by atoms with Gasteiger partial charge in [-0.25, -0.2) is 11.4 Å². The number of benzene rings is 3. The Balaban J connectivity index is 1.53. The lowest BCUT2D eigenvalue weighted by molar-refractivity contribution is -0.118. The zero-order chi connectivity index (χ0) is 23.8. The summed E-state index contributed by atoms with van der Waals surface area (Å²) in [5, 5.41) is 8.97. The lowest BCUT2D eigenvalue weighted by Crippen LogP contribution is -2.40. The van der Waals surface area contributed by atoms with Gasteiger partial charge in [0.25, 0.3) is 0 Å². The van der Waals surface area contributed by atoms with Crippen molar-refractivity contribution < 1.29 is 9.63 Å². The van der Waals surface area contributed by atoms with Crippen LogP contribution in [0.3, 0.4) is 0 Å². The number of aromatic nitrogens is 2. The van der Waals surface area contributed by atoms with Gasteiger partial charge in [-0.2, -0.15) is 5.10 Å². The molecule has 1 aromatic heterocycles. The second kappa shape index (κ2) is 11.0. The second-order valence-electron chi connectivity index (χ2n) is 7.72. The highest BCUT2D eigenvalue weighted by Gasteiger charge is 2.18. The van der Waals surface area contributed by atoms with E-state index in [1.54, 1.807) is 11.1 Å². The minimum atomic E-state index is -0.0777. The third-order valence-electron chi connectivity index (χ3n) is 5.33. The Kier molecular flexibility index (Phi) is 7.36. The summed E-state index contributed by atoms with van der Waals surface area (Å²) in [6.07, 6.45) is 2.65. The van der Waals surface area contributed by atoms with Crippen LogP contribution in [0.4, 0.5) is 5.69 Å². The molecule has 5 N–H and O–H groups in total. The summed E-state index contributed by atoms with van der Waals surface area (Å²) in [6, 6.07) is 25.3. The topological polar surface area (TPSA) is 124 Å². The highest BCUT2D eigenvalue weighted by Crippen LogP contribution is 2.23. The molecule has 3 aromatic carbocycles. The third kappa shape index (κ3) is 5.70. The predicted octanol–water partition coefficient (Wildman–Crippen LogP) is 2.37. The molecular weight excluding hydrogens is 430 g/mol. The van der Waals surface area contributed by atoms with Gasteiger partial charge in [-0.15, -0.1) is 5.10 Å². The van der Waals surface area contributed by atoms with E-state index < -0.39 is 0 Å². The Labute approximate surface area is 197 Å². The van der Waals surface area contributed by atoms with E-state index in [1.807, 2.05) is 78.9 Å². The first-order valence-corrected chi connectivity index (χ1v) is 10.9. The van der Waals surface area contributed by atoms with Crippen molar-refractivity contribution >= 4 is 28.3 Å². The molecule has 4 rings (SSSR count). The van der Waals surface area contributed by atoms with Crippen LogP contribution in [-0.4, -0.2) is 28.2 Å². The quantitative estimate of drug-likeness (QED) is 0.145. The number of nitrogens with zero attached hydrogens (tertiary/aromatic N) is 4. The first kappa shape index (κ1) is 22.8. The second-order valence-corrected chi connectivity index (χ2v) is 7.72. The molecule has 1 heterocycles. The van der Waals surface area contributed by atoms with E-state index in [2.05, 4.69) is 15.7 Å². The molecular formula is C25H27N7O2. The Morgan fingerprint density at radius 2 is 1.74 bits per heavy atom. The molecule has 0 unspecified atom stereocenters.